The van der Waals surface area contributed by atoms with Gasteiger partial charge in [0, 0.05) is 17.1 Å². The Hall–Kier alpha value is -5.15. The second kappa shape index (κ2) is 10.1. The van der Waals surface area contributed by atoms with Crippen molar-refractivity contribution in [2.24, 2.45) is 0 Å². The first-order chi connectivity index (χ1) is 20.1. The highest BCUT2D eigenvalue weighted by atomic mass is 16.5. The molecule has 7 rings (SSSR count). The van der Waals surface area contributed by atoms with E-state index >= 15 is 0 Å². The summed E-state index contributed by atoms with van der Waals surface area (Å²) < 4.78 is 5.64. The van der Waals surface area contributed by atoms with Gasteiger partial charge in [-0.3, -0.25) is 0 Å². The topological polar surface area (TPSA) is 29.5 Å². The number of hydrogen-bond acceptors (Lipinski definition) is 3. The van der Waals surface area contributed by atoms with Crippen LogP contribution in [0.5, 0.6) is 0 Å². The summed E-state index contributed by atoms with van der Waals surface area (Å²) in [6, 6.07) is 44.0. The highest BCUT2D eigenvalue weighted by Crippen LogP contribution is 2.43. The molecule has 0 saturated heterocycles. The molecule has 198 valence electrons. The maximum atomic E-state index is 13.6. The molecule has 0 aliphatic heterocycles. The monoisotopic (exact) mass is 531 g/mol. The molecule has 0 spiro atoms. The Labute approximate surface area is 239 Å². The van der Waals surface area contributed by atoms with Gasteiger partial charge in [0.15, 0.2) is 0 Å². The van der Waals surface area contributed by atoms with Gasteiger partial charge in [0.2, 0.25) is 0 Å². The van der Waals surface area contributed by atoms with Crippen LogP contribution in [-0.4, -0.2) is 12.6 Å². The van der Waals surface area contributed by atoms with Crippen LogP contribution in [0, 0.1) is 6.92 Å². The standard InChI is InChI=1S/C38H29NO2/c1-3-41-38(40)35-24-30(39(28-14-6-4-7-15-28)29-16-8-5-9-17-29)20-21-32(35)34-23-27-13-10-18-31-25(2)22-26-12-11-19-33(34)37(26)36(27)31/h4-24H,3H2,1-2H3. The van der Waals surface area contributed by atoms with Gasteiger partial charge in [0.05, 0.1) is 12.2 Å². The van der Waals surface area contributed by atoms with E-state index in [1.165, 1.54) is 32.5 Å². The molecule has 0 fully saturated rings. The first-order valence-electron chi connectivity index (χ1n) is 14.0. The second-order valence-electron chi connectivity index (χ2n) is 10.4. The third-order valence-corrected chi connectivity index (χ3v) is 7.91. The maximum absolute atomic E-state index is 13.6. The van der Waals surface area contributed by atoms with Gasteiger partial charge in [-0.25, -0.2) is 4.79 Å². The molecule has 3 heteroatoms. The summed E-state index contributed by atoms with van der Waals surface area (Å²) >= 11 is 0. The van der Waals surface area contributed by atoms with Gasteiger partial charge in [-0.05, 0) is 105 Å². The van der Waals surface area contributed by atoms with Gasteiger partial charge in [0.1, 0.15) is 0 Å². The molecule has 7 aromatic carbocycles. The molecule has 0 aliphatic carbocycles. The van der Waals surface area contributed by atoms with E-state index in [-0.39, 0.29) is 5.97 Å². The number of benzene rings is 7. The Bertz CT molecular complexity index is 1990. The number of esters is 1. The van der Waals surface area contributed by atoms with Crippen LogP contribution < -0.4 is 4.90 Å². The Morgan fingerprint density at radius 2 is 1.22 bits per heavy atom. The van der Waals surface area contributed by atoms with E-state index in [0.717, 1.165) is 33.6 Å². The minimum atomic E-state index is -0.327. The summed E-state index contributed by atoms with van der Waals surface area (Å²) in [7, 11) is 0. The maximum Gasteiger partial charge on any atom is 0.338 e. The number of aryl methyl sites for hydroxylation is 1. The molecule has 0 aromatic heterocycles. The molecule has 0 bridgehead atoms. The largest absolute Gasteiger partial charge is 0.462 e. The van der Waals surface area contributed by atoms with E-state index in [9.17, 15) is 4.79 Å². The van der Waals surface area contributed by atoms with E-state index in [4.69, 9.17) is 4.74 Å². The van der Waals surface area contributed by atoms with Crippen molar-refractivity contribution < 1.29 is 9.53 Å². The average molecular weight is 532 g/mol. The van der Waals surface area contributed by atoms with E-state index in [1.807, 2.05) is 49.4 Å². The lowest BCUT2D eigenvalue weighted by Gasteiger charge is -2.26. The number of carbonyl (C=O) groups excluding carboxylic acids is 1. The van der Waals surface area contributed by atoms with Crippen LogP contribution in [0.1, 0.15) is 22.8 Å². The number of anilines is 3. The van der Waals surface area contributed by atoms with E-state index < -0.39 is 0 Å². The number of rotatable bonds is 6. The molecule has 0 unspecified atom stereocenters. The molecule has 0 N–H and O–H groups in total. The summed E-state index contributed by atoms with van der Waals surface area (Å²) in [6.07, 6.45) is 0. The van der Waals surface area contributed by atoms with Crippen molar-refractivity contribution in [3.63, 3.8) is 0 Å². The normalized spacial score (nSPS) is 11.4. The van der Waals surface area contributed by atoms with Gasteiger partial charge < -0.3 is 9.64 Å². The van der Waals surface area contributed by atoms with Crippen molar-refractivity contribution in [2.75, 3.05) is 11.5 Å². The summed E-state index contributed by atoms with van der Waals surface area (Å²) in [5, 5.41) is 7.27. The van der Waals surface area contributed by atoms with Crippen LogP contribution >= 0.6 is 0 Å². The van der Waals surface area contributed by atoms with Gasteiger partial charge in [-0.1, -0.05) is 84.9 Å². The van der Waals surface area contributed by atoms with Crippen LogP contribution in [0.2, 0.25) is 0 Å². The summed E-state index contributed by atoms with van der Waals surface area (Å²) in [5.41, 5.74) is 6.62. The molecule has 41 heavy (non-hydrogen) atoms. The molecular formula is C38H29NO2. The summed E-state index contributed by atoms with van der Waals surface area (Å²) in [4.78, 5) is 15.8. The molecule has 0 atom stereocenters. The van der Waals surface area contributed by atoms with Gasteiger partial charge in [-0.2, -0.15) is 0 Å². The predicted octanol–water partition coefficient (Wildman–Crippen LogP) is 10.2. The Kier molecular flexibility index (Phi) is 6.13. The van der Waals surface area contributed by atoms with Gasteiger partial charge >= 0.3 is 5.97 Å². The van der Waals surface area contributed by atoms with Crippen LogP contribution in [0.4, 0.5) is 17.1 Å². The van der Waals surface area contributed by atoms with Crippen molar-refractivity contribution in [1.29, 1.82) is 0 Å². The third-order valence-electron chi connectivity index (χ3n) is 7.91. The number of para-hydroxylation sites is 2. The first kappa shape index (κ1) is 24.9. The molecular weight excluding hydrogens is 502 g/mol. The zero-order valence-electron chi connectivity index (χ0n) is 23.1. The van der Waals surface area contributed by atoms with Gasteiger partial charge in [0.25, 0.3) is 0 Å². The van der Waals surface area contributed by atoms with Crippen LogP contribution in [-0.2, 0) is 4.74 Å². The lowest BCUT2D eigenvalue weighted by atomic mass is 9.86. The lowest BCUT2D eigenvalue weighted by molar-refractivity contribution is 0.0527. The highest BCUT2D eigenvalue weighted by molar-refractivity contribution is 6.27. The fraction of sp³-hybridized carbons (Fsp3) is 0.0789. The van der Waals surface area contributed by atoms with Crippen molar-refractivity contribution in [2.45, 2.75) is 13.8 Å². The molecule has 0 amide bonds. The van der Waals surface area contributed by atoms with Crippen molar-refractivity contribution in [1.82, 2.24) is 0 Å². The van der Waals surface area contributed by atoms with E-state index in [0.29, 0.717) is 12.2 Å². The zero-order valence-corrected chi connectivity index (χ0v) is 23.1. The summed E-state index contributed by atoms with van der Waals surface area (Å²) in [6.45, 7) is 4.33. The minimum Gasteiger partial charge on any atom is -0.462 e. The molecule has 3 nitrogen and oxygen atoms in total. The molecule has 0 heterocycles. The van der Waals surface area contributed by atoms with E-state index in [1.54, 1.807) is 0 Å². The van der Waals surface area contributed by atoms with Crippen molar-refractivity contribution in [3.05, 3.63) is 139 Å². The number of carbonyl (C=O) groups is 1. The van der Waals surface area contributed by atoms with Crippen LogP contribution in [0.3, 0.4) is 0 Å². The molecule has 0 aliphatic rings. The van der Waals surface area contributed by atoms with Crippen LogP contribution in [0.15, 0.2) is 127 Å². The van der Waals surface area contributed by atoms with Crippen molar-refractivity contribution in [3.8, 4) is 11.1 Å². The molecule has 0 saturated carbocycles. The second-order valence-corrected chi connectivity index (χ2v) is 10.4. The fourth-order valence-corrected chi connectivity index (χ4v) is 6.14. The van der Waals surface area contributed by atoms with Crippen LogP contribution in [0.25, 0.3) is 43.4 Å². The summed E-state index contributed by atoms with van der Waals surface area (Å²) in [5.74, 6) is -0.327. The quantitative estimate of drug-likeness (QED) is 0.158. The predicted molar refractivity (Wildman–Crippen MR) is 171 cm³/mol. The number of nitrogens with zero attached hydrogens (tertiary/aromatic N) is 1. The highest BCUT2D eigenvalue weighted by Gasteiger charge is 2.22. The molecule has 0 radical (unpaired) electrons. The molecule has 7 aromatic rings. The van der Waals surface area contributed by atoms with E-state index in [2.05, 4.69) is 96.8 Å². The fourth-order valence-electron chi connectivity index (χ4n) is 6.14. The smallest absolute Gasteiger partial charge is 0.338 e. The SMILES string of the molecule is CCOC(=O)c1cc(N(c2ccccc2)c2ccccc2)ccc1-c1cc2cccc3c(C)cc4cccc1c4c23. The van der Waals surface area contributed by atoms with Crippen molar-refractivity contribution >= 4 is 55.3 Å². The minimum absolute atomic E-state index is 0.305. The third kappa shape index (κ3) is 4.18. The van der Waals surface area contributed by atoms with Gasteiger partial charge in [-0.15, -0.1) is 0 Å². The zero-order chi connectivity index (χ0) is 27.9. The lowest BCUT2D eigenvalue weighted by Crippen LogP contribution is -2.12. The number of ether oxygens (including phenoxy) is 1. The first-order valence-corrected chi connectivity index (χ1v) is 14.0. The Balaban J connectivity index is 1.50. The Morgan fingerprint density at radius 1 is 0.610 bits per heavy atom. The number of hydrogen-bond donors (Lipinski definition) is 0. The Morgan fingerprint density at radius 3 is 1.88 bits per heavy atom. The average Bonchev–Trinajstić information content (AvgIpc) is 3.01.